The highest BCUT2D eigenvalue weighted by Gasteiger charge is 2.36. The van der Waals surface area contributed by atoms with Crippen LogP contribution in [0.1, 0.15) is 5.56 Å². The molecule has 2 amide bonds. The molecule has 1 heterocycles. The van der Waals surface area contributed by atoms with E-state index in [0.717, 1.165) is 16.7 Å². The van der Waals surface area contributed by atoms with E-state index < -0.39 is 23.7 Å². The number of carboxylic acids is 1. The number of nitrogens with zero attached hydrogens (tertiary/aromatic N) is 1. The Kier molecular flexibility index (Phi) is 5.29. The molecule has 1 aliphatic rings. The minimum absolute atomic E-state index is 0.243. The number of rotatable bonds is 5. The molecular formula is C18H11ClNO5S-. The average Bonchev–Trinajstić information content (AvgIpc) is 2.87. The Balaban J connectivity index is 1.84. The van der Waals surface area contributed by atoms with Gasteiger partial charge in [-0.1, -0.05) is 29.8 Å². The largest absolute Gasteiger partial charge is 0.546 e. The van der Waals surface area contributed by atoms with Crippen LogP contribution in [0.15, 0.2) is 53.4 Å². The van der Waals surface area contributed by atoms with Crippen molar-refractivity contribution in [2.75, 3.05) is 11.5 Å². The summed E-state index contributed by atoms with van der Waals surface area (Å²) in [5.41, 5.74) is 0.992. The fraction of sp³-hybridized carbons (Fsp3) is 0.0556. The van der Waals surface area contributed by atoms with Gasteiger partial charge in [0.1, 0.15) is 12.4 Å². The van der Waals surface area contributed by atoms with E-state index in [9.17, 15) is 19.5 Å². The number of ether oxygens (including phenoxy) is 1. The molecule has 2 aromatic carbocycles. The summed E-state index contributed by atoms with van der Waals surface area (Å²) in [6.45, 7) is -0.575. The van der Waals surface area contributed by atoms with Gasteiger partial charge in [0.2, 0.25) is 0 Å². The fourth-order valence-corrected chi connectivity index (χ4v) is 3.32. The van der Waals surface area contributed by atoms with Crippen molar-refractivity contribution in [3.05, 3.63) is 64.0 Å². The topological polar surface area (TPSA) is 86.7 Å². The lowest BCUT2D eigenvalue weighted by Gasteiger charge is -2.12. The van der Waals surface area contributed by atoms with E-state index in [-0.39, 0.29) is 4.91 Å². The van der Waals surface area contributed by atoms with Crippen molar-refractivity contribution < 1.29 is 24.2 Å². The van der Waals surface area contributed by atoms with E-state index in [1.807, 2.05) is 0 Å². The summed E-state index contributed by atoms with van der Waals surface area (Å²) in [4.78, 5) is 36.6. The SMILES string of the molecule is O=C([O-])COc1cccc(/C=C2/SC(=O)N(c3cccc(Cl)c3)C2=O)c1. The van der Waals surface area contributed by atoms with Crippen LogP contribution in [0, 0.1) is 0 Å². The Hall–Kier alpha value is -2.77. The van der Waals surface area contributed by atoms with Gasteiger partial charge in [0.05, 0.1) is 16.6 Å². The van der Waals surface area contributed by atoms with Crippen molar-refractivity contribution in [3.8, 4) is 5.75 Å². The number of anilines is 1. The number of thioether (sulfide) groups is 1. The number of carboxylic acid groups (broad SMARTS) is 1. The lowest BCUT2D eigenvalue weighted by molar-refractivity contribution is -0.307. The molecule has 0 saturated carbocycles. The number of carbonyl (C=O) groups is 3. The first-order valence-corrected chi connectivity index (χ1v) is 8.60. The molecule has 8 heteroatoms. The first kappa shape index (κ1) is 18.0. The van der Waals surface area contributed by atoms with Crippen LogP contribution in [-0.2, 0) is 9.59 Å². The maximum absolute atomic E-state index is 12.6. The first-order valence-electron chi connectivity index (χ1n) is 7.40. The molecule has 0 atom stereocenters. The van der Waals surface area contributed by atoms with Gasteiger partial charge in [0.15, 0.2) is 0 Å². The summed E-state index contributed by atoms with van der Waals surface area (Å²) in [7, 11) is 0. The van der Waals surface area contributed by atoms with Gasteiger partial charge in [-0.15, -0.1) is 0 Å². The van der Waals surface area contributed by atoms with Crippen LogP contribution in [-0.4, -0.2) is 23.7 Å². The minimum Gasteiger partial charge on any atom is -0.546 e. The molecule has 0 aliphatic carbocycles. The second-order valence-corrected chi connectivity index (χ2v) is 6.66. The molecule has 1 aliphatic heterocycles. The molecule has 0 unspecified atom stereocenters. The van der Waals surface area contributed by atoms with Crippen LogP contribution in [0.3, 0.4) is 0 Å². The normalized spacial score (nSPS) is 15.6. The predicted octanol–water partition coefficient (Wildman–Crippen LogP) is 2.71. The maximum Gasteiger partial charge on any atom is 0.298 e. The van der Waals surface area contributed by atoms with Gasteiger partial charge >= 0.3 is 0 Å². The second kappa shape index (κ2) is 7.63. The van der Waals surface area contributed by atoms with Gasteiger partial charge in [-0.25, -0.2) is 4.90 Å². The molecule has 26 heavy (non-hydrogen) atoms. The summed E-state index contributed by atoms with van der Waals surface area (Å²) in [5, 5.41) is 10.5. The van der Waals surface area contributed by atoms with Crippen LogP contribution >= 0.6 is 23.4 Å². The number of imide groups is 1. The molecule has 0 radical (unpaired) electrons. The number of hydrogen-bond acceptors (Lipinski definition) is 6. The molecule has 132 valence electrons. The number of benzene rings is 2. The number of amides is 2. The molecule has 6 nitrogen and oxygen atoms in total. The standard InChI is InChI=1S/C18H12ClNO5S/c19-12-4-2-5-13(9-12)20-17(23)15(26-18(20)24)8-11-3-1-6-14(7-11)25-10-16(21)22/h1-9H,10H2,(H,21,22)/p-1/b15-8+. The highest BCUT2D eigenvalue weighted by atomic mass is 35.5. The second-order valence-electron chi connectivity index (χ2n) is 5.23. The number of hydrogen-bond donors (Lipinski definition) is 0. The number of carbonyl (C=O) groups excluding carboxylic acids is 3. The fourth-order valence-electron chi connectivity index (χ4n) is 2.29. The monoisotopic (exact) mass is 388 g/mol. The van der Waals surface area contributed by atoms with E-state index >= 15 is 0 Å². The highest BCUT2D eigenvalue weighted by molar-refractivity contribution is 8.19. The van der Waals surface area contributed by atoms with Crippen molar-refractivity contribution in [1.82, 2.24) is 0 Å². The van der Waals surface area contributed by atoms with E-state index in [2.05, 4.69) is 0 Å². The van der Waals surface area contributed by atoms with Gasteiger partial charge in [-0.3, -0.25) is 9.59 Å². The Morgan fingerprint density at radius 1 is 1.19 bits per heavy atom. The van der Waals surface area contributed by atoms with Gasteiger partial charge in [0.25, 0.3) is 11.1 Å². The van der Waals surface area contributed by atoms with Gasteiger partial charge in [-0.2, -0.15) is 0 Å². The van der Waals surface area contributed by atoms with Gasteiger partial charge in [-0.05, 0) is 53.7 Å². The summed E-state index contributed by atoms with van der Waals surface area (Å²) in [6, 6.07) is 13.0. The Morgan fingerprint density at radius 3 is 2.69 bits per heavy atom. The van der Waals surface area contributed by atoms with Crippen molar-refractivity contribution in [2.24, 2.45) is 0 Å². The lowest BCUT2D eigenvalue weighted by atomic mass is 10.2. The molecule has 1 fully saturated rings. The van der Waals surface area contributed by atoms with E-state index in [1.165, 1.54) is 6.07 Å². The van der Waals surface area contributed by atoms with Crippen molar-refractivity contribution in [1.29, 1.82) is 0 Å². The molecule has 2 aromatic rings. The van der Waals surface area contributed by atoms with Gasteiger partial charge in [0, 0.05) is 5.02 Å². The minimum atomic E-state index is -1.34. The highest BCUT2D eigenvalue weighted by Crippen LogP contribution is 2.36. The van der Waals surface area contributed by atoms with Crippen LogP contribution < -0.4 is 14.7 Å². The smallest absolute Gasteiger partial charge is 0.298 e. The van der Waals surface area contributed by atoms with E-state index in [4.69, 9.17) is 16.3 Å². The summed E-state index contributed by atoms with van der Waals surface area (Å²) in [6.07, 6.45) is 1.54. The third-order valence-corrected chi connectivity index (χ3v) is 4.48. The third-order valence-electron chi connectivity index (χ3n) is 3.37. The van der Waals surface area contributed by atoms with E-state index in [1.54, 1.807) is 48.5 Å². The Morgan fingerprint density at radius 2 is 1.96 bits per heavy atom. The molecule has 0 spiro atoms. The molecule has 3 rings (SSSR count). The Labute approximate surface area is 158 Å². The van der Waals surface area contributed by atoms with Crippen LogP contribution in [0.25, 0.3) is 6.08 Å². The molecule has 0 aromatic heterocycles. The third kappa shape index (κ3) is 4.07. The van der Waals surface area contributed by atoms with Crippen LogP contribution in [0.4, 0.5) is 10.5 Å². The summed E-state index contributed by atoms with van der Waals surface area (Å²) < 4.78 is 5.05. The first-order chi connectivity index (χ1) is 12.4. The van der Waals surface area contributed by atoms with Crippen LogP contribution in [0.2, 0.25) is 5.02 Å². The molecule has 1 saturated heterocycles. The zero-order valence-corrected chi connectivity index (χ0v) is 14.8. The van der Waals surface area contributed by atoms with Crippen molar-refractivity contribution in [2.45, 2.75) is 0 Å². The maximum atomic E-state index is 12.6. The van der Waals surface area contributed by atoms with Gasteiger partial charge < -0.3 is 14.6 Å². The Bertz CT molecular complexity index is 927. The quantitative estimate of drug-likeness (QED) is 0.732. The van der Waals surface area contributed by atoms with Crippen molar-refractivity contribution in [3.63, 3.8) is 0 Å². The number of aliphatic carboxylic acids is 1. The number of halogens is 1. The molecule has 0 N–H and O–H groups in total. The zero-order chi connectivity index (χ0) is 18.7. The summed E-state index contributed by atoms with van der Waals surface area (Å²) in [5.74, 6) is -1.47. The zero-order valence-electron chi connectivity index (χ0n) is 13.2. The lowest BCUT2D eigenvalue weighted by Crippen LogP contribution is -2.28. The molecular weight excluding hydrogens is 378 g/mol. The van der Waals surface area contributed by atoms with E-state index in [0.29, 0.717) is 22.0 Å². The van der Waals surface area contributed by atoms with Crippen molar-refractivity contribution >= 4 is 52.2 Å². The molecule has 0 bridgehead atoms. The summed E-state index contributed by atoms with van der Waals surface area (Å²) >= 11 is 6.74. The predicted molar refractivity (Wildman–Crippen MR) is 96.8 cm³/mol. The average molecular weight is 389 g/mol. The van der Waals surface area contributed by atoms with Crippen LogP contribution in [0.5, 0.6) is 5.75 Å².